The van der Waals surface area contributed by atoms with Gasteiger partial charge in [0.1, 0.15) is 0 Å². The van der Waals surface area contributed by atoms with Crippen molar-refractivity contribution in [2.24, 2.45) is 0 Å². The molecule has 1 fully saturated rings. The summed E-state index contributed by atoms with van der Waals surface area (Å²) in [5.74, 6) is -0.0235. The van der Waals surface area contributed by atoms with E-state index in [1.54, 1.807) is 0 Å². The van der Waals surface area contributed by atoms with Gasteiger partial charge in [-0.2, -0.15) is 0 Å². The van der Waals surface area contributed by atoms with Gasteiger partial charge in [-0.25, -0.2) is 4.79 Å². The fourth-order valence-electron chi connectivity index (χ4n) is 0.692. The predicted molar refractivity (Wildman–Crippen MR) is 39.2 cm³/mol. The van der Waals surface area contributed by atoms with Crippen molar-refractivity contribution in [3.8, 4) is 0 Å². The first-order valence-corrected chi connectivity index (χ1v) is 4.23. The third-order valence-electron chi connectivity index (χ3n) is 1.13. The normalized spacial score (nSPS) is 24.2. The molecule has 62 valence electrons. The minimum absolute atomic E-state index is 0.162. The van der Waals surface area contributed by atoms with Gasteiger partial charge in [0.15, 0.2) is 5.44 Å². The number of carbonyl (C=O) groups excluding carboxylic acids is 2. The van der Waals surface area contributed by atoms with Gasteiger partial charge in [0.05, 0.1) is 13.2 Å². The Balaban J connectivity index is 2.24. The summed E-state index contributed by atoms with van der Waals surface area (Å²) in [6, 6.07) is 0. The molecule has 0 aliphatic carbocycles. The van der Waals surface area contributed by atoms with Gasteiger partial charge in [0.2, 0.25) is 6.29 Å². The van der Waals surface area contributed by atoms with Crippen LogP contribution in [0.25, 0.3) is 0 Å². The molecule has 0 aromatic heterocycles. The first-order valence-electron chi connectivity index (χ1n) is 3.18. The minimum atomic E-state index is -0.826. The Hall–Kier alpha value is -0.550. The van der Waals surface area contributed by atoms with Crippen LogP contribution in [0, 0.1) is 0 Å². The van der Waals surface area contributed by atoms with Crippen molar-refractivity contribution < 1.29 is 19.1 Å². The molecule has 1 unspecified atom stereocenters. The lowest BCUT2D eigenvalue weighted by molar-refractivity contribution is -0.151. The fraction of sp³-hybridized carbons (Fsp3) is 0.667. The van der Waals surface area contributed by atoms with Crippen LogP contribution < -0.4 is 0 Å². The Labute approximate surface area is 68.2 Å². The number of ether oxygens (including phenoxy) is 2. The molecule has 11 heavy (non-hydrogen) atoms. The lowest BCUT2D eigenvalue weighted by Crippen LogP contribution is -2.26. The number of hydrogen-bond acceptors (Lipinski definition) is 5. The van der Waals surface area contributed by atoms with Gasteiger partial charge < -0.3 is 9.47 Å². The van der Waals surface area contributed by atoms with Crippen molar-refractivity contribution in [1.29, 1.82) is 0 Å². The van der Waals surface area contributed by atoms with Gasteiger partial charge >= 0.3 is 5.97 Å². The van der Waals surface area contributed by atoms with Crippen molar-refractivity contribution in [3.63, 3.8) is 0 Å². The molecule has 0 amide bonds. The van der Waals surface area contributed by atoms with E-state index in [1.807, 2.05) is 0 Å². The van der Waals surface area contributed by atoms with Gasteiger partial charge in [-0.05, 0) is 0 Å². The predicted octanol–water partition coefficient (Wildman–Crippen LogP) is -0.182. The van der Waals surface area contributed by atoms with E-state index in [1.165, 1.54) is 11.8 Å². The van der Waals surface area contributed by atoms with Crippen molar-refractivity contribution in [2.75, 3.05) is 19.0 Å². The van der Waals surface area contributed by atoms with Crippen LogP contribution in [0.15, 0.2) is 0 Å². The van der Waals surface area contributed by atoms with Crippen molar-refractivity contribution in [2.45, 2.75) is 5.44 Å². The van der Waals surface area contributed by atoms with E-state index < -0.39 is 5.97 Å². The number of esters is 1. The quantitative estimate of drug-likeness (QED) is 0.332. The summed E-state index contributed by atoms with van der Waals surface area (Å²) in [5, 5.41) is 0. The molecule has 0 spiro atoms. The highest BCUT2D eigenvalue weighted by atomic mass is 32.2. The molecule has 1 heterocycles. The summed E-state index contributed by atoms with van der Waals surface area (Å²) in [5.41, 5.74) is -0.304. The molecule has 0 saturated carbocycles. The van der Waals surface area contributed by atoms with Crippen LogP contribution in [0.4, 0.5) is 0 Å². The molecule has 0 N–H and O–H groups in total. The maximum atomic E-state index is 10.4. The van der Waals surface area contributed by atoms with Crippen LogP contribution in [0.3, 0.4) is 0 Å². The number of carbonyl (C=O) groups is 2. The van der Waals surface area contributed by atoms with E-state index in [0.29, 0.717) is 13.2 Å². The Bertz CT molecular complexity index is 153. The molecule has 5 heteroatoms. The standard InChI is InChI=1S/C6H8O4S/c7-3-5(8)10-6-4-9-1-2-11-6/h3,6H,1-2,4H2. The van der Waals surface area contributed by atoms with E-state index in [0.717, 1.165) is 5.75 Å². The third-order valence-corrected chi connectivity index (χ3v) is 2.14. The molecule has 1 aliphatic heterocycles. The number of rotatable bonds is 2. The summed E-state index contributed by atoms with van der Waals surface area (Å²) in [4.78, 5) is 20.3. The molecule has 1 aliphatic rings. The summed E-state index contributed by atoms with van der Waals surface area (Å²) < 4.78 is 9.68. The van der Waals surface area contributed by atoms with Crippen LogP contribution in [0.2, 0.25) is 0 Å². The molecule has 0 aromatic rings. The largest absolute Gasteiger partial charge is 0.443 e. The second kappa shape index (κ2) is 4.35. The van der Waals surface area contributed by atoms with Gasteiger partial charge in [-0.1, -0.05) is 0 Å². The van der Waals surface area contributed by atoms with Crippen molar-refractivity contribution in [1.82, 2.24) is 0 Å². The molecule has 4 nitrogen and oxygen atoms in total. The molecule has 0 bridgehead atoms. The van der Waals surface area contributed by atoms with Gasteiger partial charge in [-0.15, -0.1) is 11.8 Å². The lowest BCUT2D eigenvalue weighted by atomic mass is 10.7. The van der Waals surface area contributed by atoms with E-state index in [9.17, 15) is 9.59 Å². The van der Waals surface area contributed by atoms with Crippen molar-refractivity contribution in [3.05, 3.63) is 0 Å². The van der Waals surface area contributed by atoms with Gasteiger partial charge in [0, 0.05) is 5.75 Å². The smallest absolute Gasteiger partial charge is 0.372 e. The maximum absolute atomic E-state index is 10.4. The number of thioether (sulfide) groups is 1. The molecular weight excluding hydrogens is 168 g/mol. The topological polar surface area (TPSA) is 52.6 Å². The van der Waals surface area contributed by atoms with E-state index in [-0.39, 0.29) is 11.7 Å². The highest BCUT2D eigenvalue weighted by molar-refractivity contribution is 7.99. The van der Waals surface area contributed by atoms with Crippen LogP contribution >= 0.6 is 11.8 Å². The van der Waals surface area contributed by atoms with Crippen LogP contribution in [0.5, 0.6) is 0 Å². The average Bonchev–Trinajstić information content (AvgIpc) is 2.06. The summed E-state index contributed by atoms with van der Waals surface area (Å²) >= 11 is 1.48. The van der Waals surface area contributed by atoms with Crippen molar-refractivity contribution >= 4 is 24.0 Å². The number of hydrogen-bond donors (Lipinski definition) is 0. The Morgan fingerprint density at radius 2 is 2.55 bits per heavy atom. The molecule has 0 aromatic carbocycles. The molecule has 1 atom stereocenters. The van der Waals surface area contributed by atoms with E-state index >= 15 is 0 Å². The molecule has 1 saturated heterocycles. The summed E-state index contributed by atoms with van der Waals surface area (Å²) in [6.45, 7) is 1.06. The van der Waals surface area contributed by atoms with Gasteiger partial charge in [0.25, 0.3) is 0 Å². The van der Waals surface area contributed by atoms with Crippen LogP contribution in [0.1, 0.15) is 0 Å². The van der Waals surface area contributed by atoms with Crippen LogP contribution in [-0.4, -0.2) is 36.7 Å². The first kappa shape index (κ1) is 8.55. The van der Waals surface area contributed by atoms with Crippen LogP contribution in [-0.2, 0) is 19.1 Å². The highest BCUT2D eigenvalue weighted by Crippen LogP contribution is 2.16. The molecular formula is C6H8O4S. The maximum Gasteiger partial charge on any atom is 0.372 e. The number of aldehydes is 1. The summed E-state index contributed by atoms with van der Waals surface area (Å²) in [6.07, 6.45) is 0.162. The Morgan fingerprint density at radius 1 is 1.73 bits per heavy atom. The second-order valence-corrected chi connectivity index (χ2v) is 3.20. The second-order valence-electron chi connectivity index (χ2n) is 1.93. The average molecular weight is 176 g/mol. The Kier molecular flexibility index (Phi) is 3.38. The highest BCUT2D eigenvalue weighted by Gasteiger charge is 2.17. The molecule has 1 rings (SSSR count). The summed E-state index contributed by atoms with van der Waals surface area (Å²) in [7, 11) is 0. The molecule has 0 radical (unpaired) electrons. The zero-order valence-electron chi connectivity index (χ0n) is 5.82. The fourth-order valence-corrected chi connectivity index (χ4v) is 1.52. The van der Waals surface area contributed by atoms with E-state index in [4.69, 9.17) is 4.74 Å². The lowest BCUT2D eigenvalue weighted by Gasteiger charge is -2.20. The zero-order valence-corrected chi connectivity index (χ0v) is 6.63. The SMILES string of the molecule is O=CC(=O)OC1COCCS1. The zero-order chi connectivity index (χ0) is 8.10. The Morgan fingerprint density at radius 3 is 3.09 bits per heavy atom. The van der Waals surface area contributed by atoms with Gasteiger partial charge in [-0.3, -0.25) is 4.79 Å². The minimum Gasteiger partial charge on any atom is -0.443 e. The first-order chi connectivity index (χ1) is 5.33. The monoisotopic (exact) mass is 176 g/mol. The van der Waals surface area contributed by atoms with E-state index in [2.05, 4.69) is 4.74 Å². The third kappa shape index (κ3) is 2.90.